The van der Waals surface area contributed by atoms with E-state index in [-0.39, 0.29) is 0 Å². The lowest BCUT2D eigenvalue weighted by molar-refractivity contribution is 1.08. The van der Waals surface area contributed by atoms with Gasteiger partial charge in [0.15, 0.2) is 0 Å². The molecule has 9 rings (SSSR count). The van der Waals surface area contributed by atoms with Crippen molar-refractivity contribution in [2.45, 2.75) is 94.6 Å². The molecule has 0 aliphatic carbocycles. The van der Waals surface area contributed by atoms with Crippen molar-refractivity contribution in [3.8, 4) is 0 Å². The number of nitrogens with zero attached hydrogens (tertiary/aromatic N) is 4. The average molecular weight is 998 g/mol. The fourth-order valence-corrected chi connectivity index (χ4v) is 15.2. The van der Waals surface area contributed by atoms with E-state index in [1.165, 1.54) is 39.2 Å². The summed E-state index contributed by atoms with van der Waals surface area (Å²) in [5, 5.41) is 8.28. The number of benzene rings is 4. The van der Waals surface area contributed by atoms with Crippen LogP contribution in [0.25, 0.3) is 43.1 Å². The second kappa shape index (κ2) is 20.5. The molecular formula is C48H52N8S8. The molecule has 0 unspecified atom stereocenters. The average Bonchev–Trinajstić information content (AvgIpc) is 3.99. The van der Waals surface area contributed by atoms with E-state index in [4.69, 9.17) is 20.0 Å². The molecule has 8 nitrogen and oxygen atoms in total. The van der Waals surface area contributed by atoms with E-state index < -0.39 is 0 Å². The summed E-state index contributed by atoms with van der Waals surface area (Å²) in [4.78, 5) is 47.2. The van der Waals surface area contributed by atoms with Gasteiger partial charge in [-0.1, -0.05) is 55.4 Å². The number of aromatic nitrogens is 4. The van der Waals surface area contributed by atoms with Gasteiger partial charge in [-0.25, -0.2) is 20.0 Å². The molecule has 16 heteroatoms. The Bertz CT molecular complexity index is 2880. The Morgan fingerprint density at radius 3 is 0.609 bits per heavy atom. The van der Waals surface area contributed by atoms with Gasteiger partial charge in [0.1, 0.15) is 45.2 Å². The van der Waals surface area contributed by atoms with Gasteiger partial charge >= 0.3 is 0 Å². The number of rotatable bonds is 16. The van der Waals surface area contributed by atoms with Gasteiger partial charge in [-0.05, 0) is 94.6 Å². The van der Waals surface area contributed by atoms with Crippen LogP contribution in [0.1, 0.15) is 55.4 Å². The second-order valence-electron chi connectivity index (χ2n) is 14.6. The van der Waals surface area contributed by atoms with Crippen molar-refractivity contribution < 1.29 is 0 Å². The van der Waals surface area contributed by atoms with Crippen molar-refractivity contribution in [3.63, 3.8) is 0 Å². The van der Waals surface area contributed by atoms with Crippen LogP contribution in [0.3, 0.4) is 0 Å². The first-order chi connectivity index (χ1) is 31.3. The van der Waals surface area contributed by atoms with Crippen LogP contribution in [-0.2, 0) is 0 Å². The van der Waals surface area contributed by atoms with Gasteiger partial charge in [0.2, 0.25) is 0 Å². The van der Waals surface area contributed by atoms with Gasteiger partial charge in [0.05, 0.1) is 0 Å². The highest BCUT2D eigenvalue weighted by molar-refractivity contribution is 8.03. The van der Waals surface area contributed by atoms with Gasteiger partial charge in [-0.3, -0.25) is 0 Å². The minimum atomic E-state index is 0.762. The van der Waals surface area contributed by atoms with Crippen molar-refractivity contribution >= 4 is 160 Å². The number of H-pyrrole nitrogens is 4. The lowest BCUT2D eigenvalue weighted by Gasteiger charge is -2.08. The molecule has 332 valence electrons. The lowest BCUT2D eigenvalue weighted by Crippen LogP contribution is -2.10. The van der Waals surface area contributed by atoms with Gasteiger partial charge in [-0.15, -0.1) is 94.1 Å². The number of nitrogens with one attached hydrogen (secondary N) is 4. The predicted molar refractivity (Wildman–Crippen MR) is 288 cm³/mol. The number of hydrogen-bond acceptors (Lipinski definition) is 12. The van der Waals surface area contributed by atoms with E-state index >= 15 is 0 Å². The highest BCUT2D eigenvalue weighted by Gasteiger charge is 2.20. The normalized spacial score (nSPS) is 12.6. The molecule has 0 fully saturated rings. The van der Waals surface area contributed by atoms with Crippen LogP contribution in [0.4, 0.5) is 23.3 Å². The summed E-state index contributed by atoms with van der Waals surface area (Å²) in [6.45, 7) is 17.7. The van der Waals surface area contributed by atoms with Crippen LogP contribution in [0.15, 0.2) is 108 Å². The van der Waals surface area contributed by atoms with Crippen molar-refractivity contribution in [2.24, 2.45) is 20.0 Å². The maximum atomic E-state index is 5.53. The van der Waals surface area contributed by atoms with E-state index in [9.17, 15) is 0 Å². The molecule has 4 N–H and O–H groups in total. The van der Waals surface area contributed by atoms with Crippen molar-refractivity contribution in [1.82, 2.24) is 19.9 Å². The van der Waals surface area contributed by atoms with Gasteiger partial charge in [0, 0.05) is 82.3 Å². The van der Waals surface area contributed by atoms with Crippen LogP contribution >= 0.6 is 94.1 Å². The molecule has 64 heavy (non-hydrogen) atoms. The molecule has 0 radical (unpaired) electrons. The summed E-state index contributed by atoms with van der Waals surface area (Å²) in [5.74, 6) is 10.8. The standard InChI is InChI=1S/C48H52N8S8/c1-9-57-33-17-25-26(18-34(33)58-10-2)42-49-41(25)53-43-27-19-35(59-11-3)36(60-12-4)20-28(27)45(50-43)55-47-31-23-39(63-15-7)40(64-16-8)24-32(31)48(52-47)56-46-30-22-38(62-14-6)37(61-13-5)21-29(30)44(51-46)54-42/h17-24H,9-16H2,1-8H3,(H4,49,50,51,52,53,54,55,56). The molecule has 8 bridgehead atoms. The molecule has 0 saturated heterocycles. The van der Waals surface area contributed by atoms with E-state index in [2.05, 4.69) is 124 Å². The topological polar surface area (TPSA) is 113 Å². The van der Waals surface area contributed by atoms with Crippen LogP contribution in [0, 0.1) is 0 Å². The van der Waals surface area contributed by atoms with E-state index in [1.54, 1.807) is 0 Å². The van der Waals surface area contributed by atoms with Gasteiger partial charge < -0.3 is 19.9 Å². The number of thioether (sulfide) groups is 8. The monoisotopic (exact) mass is 996 g/mol. The molecule has 1 aliphatic heterocycles. The quantitative estimate of drug-likeness (QED) is 0.0708. The maximum Gasteiger partial charge on any atom is 0.142 e. The zero-order valence-electron chi connectivity index (χ0n) is 37.3. The van der Waals surface area contributed by atoms with Gasteiger partial charge in [-0.2, -0.15) is 0 Å². The number of aromatic amines is 4. The third-order valence-corrected chi connectivity index (χ3v) is 18.6. The Balaban J connectivity index is 1.48. The lowest BCUT2D eigenvalue weighted by atomic mass is 10.2. The molecule has 8 aromatic rings. The summed E-state index contributed by atoms with van der Waals surface area (Å²) in [6.07, 6.45) is 0. The number of hydrogen-bond donors (Lipinski definition) is 4. The Morgan fingerprint density at radius 2 is 0.438 bits per heavy atom. The van der Waals surface area contributed by atoms with Crippen LogP contribution in [0.5, 0.6) is 0 Å². The minimum Gasteiger partial charge on any atom is -0.324 e. The first kappa shape index (κ1) is 46.2. The molecule has 0 amide bonds. The van der Waals surface area contributed by atoms with Crippen molar-refractivity contribution in [3.05, 3.63) is 70.5 Å². The molecule has 1 aliphatic rings. The highest BCUT2D eigenvalue weighted by Crippen LogP contribution is 2.44. The fraction of sp³-hybridized carbons (Fsp3) is 0.333. The summed E-state index contributed by atoms with van der Waals surface area (Å²) in [7, 11) is 0. The van der Waals surface area contributed by atoms with E-state index in [0.717, 1.165) is 134 Å². The summed E-state index contributed by atoms with van der Waals surface area (Å²) >= 11 is 15.0. The van der Waals surface area contributed by atoms with Crippen LogP contribution in [0.2, 0.25) is 0 Å². The molecule has 4 aromatic heterocycles. The summed E-state index contributed by atoms with van der Waals surface area (Å²) in [5.41, 5.74) is 3.05. The Hall–Kier alpha value is -2.96. The summed E-state index contributed by atoms with van der Waals surface area (Å²) < 4.78 is 0. The van der Waals surface area contributed by atoms with Gasteiger partial charge in [0.25, 0.3) is 0 Å². The Morgan fingerprint density at radius 1 is 0.266 bits per heavy atom. The van der Waals surface area contributed by atoms with E-state index in [1.807, 2.05) is 94.1 Å². The van der Waals surface area contributed by atoms with Crippen molar-refractivity contribution in [2.75, 3.05) is 46.0 Å². The molecule has 0 atom stereocenters. The van der Waals surface area contributed by atoms with Crippen LogP contribution < -0.4 is 22.0 Å². The molecule has 5 heterocycles. The Kier molecular flexibility index (Phi) is 14.8. The first-order valence-corrected chi connectivity index (χ1v) is 29.9. The molecule has 0 spiro atoms. The minimum absolute atomic E-state index is 0.762. The predicted octanol–water partition coefficient (Wildman–Crippen LogP) is 14.6. The van der Waals surface area contributed by atoms with Crippen LogP contribution in [-0.4, -0.2) is 66.0 Å². The third kappa shape index (κ3) is 8.95. The Labute approximate surface area is 408 Å². The molecule has 0 saturated carbocycles. The fourth-order valence-electron chi connectivity index (χ4n) is 8.09. The molecule has 4 aromatic carbocycles. The largest absolute Gasteiger partial charge is 0.324 e. The summed E-state index contributed by atoms with van der Waals surface area (Å²) in [6, 6.07) is 18.5. The first-order valence-electron chi connectivity index (χ1n) is 22.0. The zero-order valence-corrected chi connectivity index (χ0v) is 43.9. The SMILES string of the molecule is CCSc1cc2c3[nH]c(c2cc1SCC)N=c1[nH]c(c2cc(SCC)c(SCC)cc12)=Nc1[nH]c(c2cc(SCC)c(SCC)cc12)N=c1[nH]c(c2cc(SCC)c(SCC)cc12)=N3. The van der Waals surface area contributed by atoms with Crippen molar-refractivity contribution in [1.29, 1.82) is 0 Å². The second-order valence-corrected chi connectivity index (χ2v) is 25.0. The smallest absolute Gasteiger partial charge is 0.142 e. The zero-order chi connectivity index (χ0) is 44.5. The molecular weight excluding hydrogens is 945 g/mol. The number of fused-ring (bicyclic) bond motifs is 20. The highest BCUT2D eigenvalue weighted by atomic mass is 32.2. The third-order valence-electron chi connectivity index (χ3n) is 10.6. The van der Waals surface area contributed by atoms with E-state index in [0.29, 0.717) is 0 Å². The maximum absolute atomic E-state index is 5.53.